The van der Waals surface area contributed by atoms with Crippen molar-refractivity contribution in [3.63, 3.8) is 0 Å². The topological polar surface area (TPSA) is 72.9 Å². The number of benzene rings is 3. The molecule has 3 aromatic carbocycles. The van der Waals surface area contributed by atoms with Gasteiger partial charge in [-0.3, -0.25) is 10.1 Å². The van der Waals surface area contributed by atoms with E-state index >= 15 is 0 Å². The Kier molecular flexibility index (Phi) is 5.49. The second-order valence-electron chi connectivity index (χ2n) is 6.78. The van der Waals surface area contributed by atoms with Crippen LogP contribution < -0.4 is 11.1 Å². The van der Waals surface area contributed by atoms with Crippen LogP contribution in [-0.4, -0.2) is 15.7 Å². The molecule has 1 atom stereocenters. The zero-order valence-electron chi connectivity index (χ0n) is 15.9. The molecule has 0 radical (unpaired) electrons. The van der Waals surface area contributed by atoms with Gasteiger partial charge in [0.25, 0.3) is 0 Å². The van der Waals surface area contributed by atoms with E-state index in [0.717, 1.165) is 28.1 Å². The van der Waals surface area contributed by atoms with Crippen molar-refractivity contribution >= 4 is 5.91 Å². The van der Waals surface area contributed by atoms with E-state index in [4.69, 9.17) is 10.8 Å². The first-order chi connectivity index (χ1) is 14.2. The smallest absolute Gasteiger partial charge is 0.239 e. The molecule has 0 fully saturated rings. The number of primary amides is 1. The Balaban J connectivity index is 1.67. The van der Waals surface area contributed by atoms with Crippen LogP contribution in [0.15, 0.2) is 97.2 Å². The van der Waals surface area contributed by atoms with E-state index in [9.17, 15) is 4.79 Å². The summed E-state index contributed by atoms with van der Waals surface area (Å²) < 4.78 is 1.86. The summed E-state index contributed by atoms with van der Waals surface area (Å²) in [5.41, 5.74) is 10.4. The summed E-state index contributed by atoms with van der Waals surface area (Å²) in [7, 11) is 0. The van der Waals surface area contributed by atoms with E-state index in [2.05, 4.69) is 5.32 Å². The number of para-hydroxylation sites is 1. The van der Waals surface area contributed by atoms with Crippen molar-refractivity contribution in [2.75, 3.05) is 0 Å². The first-order valence-electron chi connectivity index (χ1n) is 9.49. The molecule has 0 bridgehead atoms. The van der Waals surface area contributed by atoms with E-state index in [1.54, 1.807) is 0 Å². The fourth-order valence-electron chi connectivity index (χ4n) is 3.33. The first kappa shape index (κ1) is 18.7. The lowest BCUT2D eigenvalue weighted by Gasteiger charge is -2.15. The Bertz CT molecular complexity index is 1080. The maximum atomic E-state index is 12.0. The van der Waals surface area contributed by atoms with Crippen LogP contribution in [0.25, 0.3) is 16.9 Å². The third kappa shape index (κ3) is 4.25. The quantitative estimate of drug-likeness (QED) is 0.510. The largest absolute Gasteiger partial charge is 0.368 e. The van der Waals surface area contributed by atoms with Gasteiger partial charge in [-0.1, -0.05) is 78.9 Å². The van der Waals surface area contributed by atoms with Gasteiger partial charge in [0.05, 0.1) is 11.4 Å². The number of nitrogens with zero attached hydrogens (tertiary/aromatic N) is 2. The van der Waals surface area contributed by atoms with Crippen molar-refractivity contribution in [2.45, 2.75) is 12.6 Å². The molecule has 0 saturated carbocycles. The predicted octanol–water partition coefficient (Wildman–Crippen LogP) is 3.86. The van der Waals surface area contributed by atoms with Crippen molar-refractivity contribution < 1.29 is 4.79 Å². The van der Waals surface area contributed by atoms with Crippen LogP contribution in [0.3, 0.4) is 0 Å². The standard InChI is InChI=1S/C24H22N4O/c25-24(29)23(19-12-6-2-7-13-19)26-16-20-17-28(21-14-8-3-9-15-21)27-22(20)18-10-4-1-5-11-18/h1-15,17,23,26H,16H2,(H2,25,29)/t23-/m0/s1. The normalized spacial score (nSPS) is 11.9. The second-order valence-corrected chi connectivity index (χ2v) is 6.78. The summed E-state index contributed by atoms with van der Waals surface area (Å²) in [4.78, 5) is 12.0. The van der Waals surface area contributed by atoms with Gasteiger partial charge in [0.1, 0.15) is 6.04 Å². The molecule has 4 rings (SSSR count). The molecule has 1 amide bonds. The first-order valence-corrected chi connectivity index (χ1v) is 9.49. The van der Waals surface area contributed by atoms with Crippen LogP contribution in [-0.2, 0) is 11.3 Å². The molecule has 1 aromatic heterocycles. The van der Waals surface area contributed by atoms with Crippen molar-refractivity contribution in [3.8, 4) is 16.9 Å². The lowest BCUT2D eigenvalue weighted by atomic mass is 10.0. The van der Waals surface area contributed by atoms with Gasteiger partial charge >= 0.3 is 0 Å². The number of amides is 1. The molecule has 4 aromatic rings. The third-order valence-electron chi connectivity index (χ3n) is 4.77. The number of carbonyl (C=O) groups excluding carboxylic acids is 1. The summed E-state index contributed by atoms with van der Waals surface area (Å²) in [6.45, 7) is 0.458. The highest BCUT2D eigenvalue weighted by atomic mass is 16.1. The Morgan fingerprint density at radius 3 is 2.10 bits per heavy atom. The Labute approximate surface area is 169 Å². The van der Waals surface area contributed by atoms with Crippen molar-refractivity contribution in [2.24, 2.45) is 5.73 Å². The van der Waals surface area contributed by atoms with E-state index in [1.807, 2.05) is 102 Å². The van der Waals surface area contributed by atoms with Crippen molar-refractivity contribution in [1.29, 1.82) is 0 Å². The SMILES string of the molecule is NC(=O)[C@@H](NCc1cn(-c2ccccc2)nc1-c1ccccc1)c1ccccc1. The number of carbonyl (C=O) groups is 1. The summed E-state index contributed by atoms with van der Waals surface area (Å²) in [5.74, 6) is -0.409. The number of nitrogens with one attached hydrogen (secondary N) is 1. The second kappa shape index (κ2) is 8.54. The van der Waals surface area contributed by atoms with Gasteiger partial charge in [-0.15, -0.1) is 0 Å². The van der Waals surface area contributed by atoms with E-state index < -0.39 is 11.9 Å². The fraction of sp³-hybridized carbons (Fsp3) is 0.0833. The van der Waals surface area contributed by atoms with Crippen LogP contribution in [0.1, 0.15) is 17.2 Å². The van der Waals surface area contributed by atoms with E-state index in [-0.39, 0.29) is 0 Å². The van der Waals surface area contributed by atoms with Crippen LogP contribution in [0.2, 0.25) is 0 Å². The lowest BCUT2D eigenvalue weighted by molar-refractivity contribution is -0.120. The van der Waals surface area contributed by atoms with Gasteiger partial charge in [-0.05, 0) is 17.7 Å². The minimum Gasteiger partial charge on any atom is -0.368 e. The van der Waals surface area contributed by atoms with E-state index in [1.165, 1.54) is 0 Å². The minimum atomic E-state index is -0.570. The zero-order chi connectivity index (χ0) is 20.1. The molecule has 0 aliphatic carbocycles. The van der Waals surface area contributed by atoms with Crippen LogP contribution >= 0.6 is 0 Å². The van der Waals surface area contributed by atoms with E-state index in [0.29, 0.717) is 6.54 Å². The molecule has 0 saturated heterocycles. The fourth-order valence-corrected chi connectivity index (χ4v) is 3.33. The Morgan fingerprint density at radius 1 is 0.897 bits per heavy atom. The van der Waals surface area contributed by atoms with Crippen LogP contribution in [0.5, 0.6) is 0 Å². The van der Waals surface area contributed by atoms with Gasteiger partial charge in [0.2, 0.25) is 5.91 Å². The summed E-state index contributed by atoms with van der Waals surface area (Å²) in [6.07, 6.45) is 1.99. The molecule has 0 aliphatic heterocycles. The average molecular weight is 382 g/mol. The highest BCUT2D eigenvalue weighted by Gasteiger charge is 2.19. The summed E-state index contributed by atoms with van der Waals surface area (Å²) >= 11 is 0. The average Bonchev–Trinajstić information content (AvgIpc) is 3.20. The van der Waals surface area contributed by atoms with Crippen LogP contribution in [0.4, 0.5) is 0 Å². The van der Waals surface area contributed by atoms with Crippen molar-refractivity contribution in [1.82, 2.24) is 15.1 Å². The summed E-state index contributed by atoms with van der Waals surface area (Å²) in [5, 5.41) is 8.11. The number of hydrogen-bond donors (Lipinski definition) is 2. The molecule has 0 unspecified atom stereocenters. The predicted molar refractivity (Wildman–Crippen MR) is 114 cm³/mol. The molecule has 144 valence electrons. The summed E-state index contributed by atoms with van der Waals surface area (Å²) in [6, 6.07) is 28.9. The minimum absolute atomic E-state index is 0.409. The van der Waals surface area contributed by atoms with Gasteiger partial charge < -0.3 is 5.73 Å². The number of hydrogen-bond acceptors (Lipinski definition) is 3. The number of nitrogens with two attached hydrogens (primary N) is 1. The number of rotatable bonds is 7. The van der Waals surface area contributed by atoms with Gasteiger partial charge in [-0.2, -0.15) is 5.10 Å². The molecule has 5 nitrogen and oxygen atoms in total. The molecule has 29 heavy (non-hydrogen) atoms. The maximum Gasteiger partial charge on any atom is 0.239 e. The molecular formula is C24H22N4O. The number of aromatic nitrogens is 2. The Morgan fingerprint density at radius 2 is 1.48 bits per heavy atom. The van der Waals surface area contributed by atoms with Gasteiger partial charge in [0.15, 0.2) is 0 Å². The monoisotopic (exact) mass is 382 g/mol. The molecule has 1 heterocycles. The molecule has 5 heteroatoms. The Hall–Kier alpha value is -3.70. The molecule has 0 spiro atoms. The molecular weight excluding hydrogens is 360 g/mol. The van der Waals surface area contributed by atoms with Crippen LogP contribution in [0, 0.1) is 0 Å². The zero-order valence-corrected chi connectivity index (χ0v) is 15.9. The van der Waals surface area contributed by atoms with Crippen molar-refractivity contribution in [3.05, 3.63) is 108 Å². The van der Waals surface area contributed by atoms with Gasteiger partial charge in [-0.25, -0.2) is 4.68 Å². The maximum absolute atomic E-state index is 12.0. The highest BCUT2D eigenvalue weighted by molar-refractivity contribution is 5.81. The lowest BCUT2D eigenvalue weighted by Crippen LogP contribution is -2.33. The van der Waals surface area contributed by atoms with Gasteiger partial charge in [0, 0.05) is 23.9 Å². The molecule has 0 aliphatic rings. The third-order valence-corrected chi connectivity index (χ3v) is 4.77. The molecule has 3 N–H and O–H groups in total. The highest BCUT2D eigenvalue weighted by Crippen LogP contribution is 2.24.